The van der Waals surface area contributed by atoms with E-state index in [1.54, 1.807) is 36.0 Å². The third-order valence-corrected chi connectivity index (χ3v) is 7.55. The fourth-order valence-electron chi connectivity index (χ4n) is 4.69. The number of rotatable bonds is 5. The molecule has 1 amide bonds. The number of nitriles is 1. The number of allylic oxidation sites excluding steroid dienone is 1. The van der Waals surface area contributed by atoms with Crippen LogP contribution in [0.15, 0.2) is 70.4 Å². The van der Waals surface area contributed by atoms with Crippen LogP contribution in [0.2, 0.25) is 0 Å². The predicted octanol–water partition coefficient (Wildman–Crippen LogP) is 3.43. The molecule has 2 aliphatic rings. The number of ketones is 1. The Bertz CT molecular complexity index is 1430. The first-order valence-corrected chi connectivity index (χ1v) is 12.6. The monoisotopic (exact) mass is 484 g/mol. The molecule has 3 aromatic rings. The average Bonchev–Trinajstić information content (AvgIpc) is 3.45. The Balaban J connectivity index is 1.49. The summed E-state index contributed by atoms with van der Waals surface area (Å²) in [5, 5.41) is 10.7. The first-order valence-electron chi connectivity index (χ1n) is 11.6. The van der Waals surface area contributed by atoms with Crippen LogP contribution in [0.1, 0.15) is 22.3 Å². The molecule has 1 saturated heterocycles. The van der Waals surface area contributed by atoms with Crippen LogP contribution in [-0.4, -0.2) is 53.1 Å². The van der Waals surface area contributed by atoms with Gasteiger partial charge < -0.3 is 9.80 Å². The molecule has 176 valence electrons. The maximum atomic E-state index is 13.5. The van der Waals surface area contributed by atoms with Crippen LogP contribution in [-0.2, 0) is 11.3 Å². The standard InChI is InChI=1S/C27H24N4O3S/c28-17-21-25(29-12-14-30(15-13-29)27(34)24-11-6-16-35-24)20-9-4-5-10-22(20)31(26(21)33)18-23(32)19-7-2-1-3-8-19/h1-5,7-11H,6,12-16,18H2. The second-order valence-corrected chi connectivity index (χ2v) is 9.65. The summed E-state index contributed by atoms with van der Waals surface area (Å²) in [6.45, 7) is 1.94. The average molecular weight is 485 g/mol. The number of benzene rings is 2. The summed E-state index contributed by atoms with van der Waals surface area (Å²) in [7, 11) is 0. The Morgan fingerprint density at radius 1 is 0.971 bits per heavy atom. The Labute approximate surface area is 207 Å². The molecule has 5 rings (SSSR count). The summed E-state index contributed by atoms with van der Waals surface area (Å²) in [5.74, 6) is 0.815. The topological polar surface area (TPSA) is 86.4 Å². The largest absolute Gasteiger partial charge is 0.366 e. The number of para-hydroxylation sites is 1. The van der Waals surface area contributed by atoms with E-state index in [-0.39, 0.29) is 23.8 Å². The molecule has 0 N–H and O–H groups in total. The lowest BCUT2D eigenvalue weighted by atomic mass is 10.1. The van der Waals surface area contributed by atoms with Crippen molar-refractivity contribution in [2.24, 2.45) is 0 Å². The fourth-order valence-corrected chi connectivity index (χ4v) is 5.63. The van der Waals surface area contributed by atoms with Crippen molar-refractivity contribution in [1.82, 2.24) is 9.47 Å². The van der Waals surface area contributed by atoms with Crippen LogP contribution in [0.5, 0.6) is 0 Å². The Morgan fingerprint density at radius 2 is 1.69 bits per heavy atom. The number of pyridine rings is 1. The highest BCUT2D eigenvalue weighted by Crippen LogP contribution is 2.31. The second-order valence-electron chi connectivity index (χ2n) is 8.52. The highest BCUT2D eigenvalue weighted by atomic mass is 32.2. The second kappa shape index (κ2) is 9.80. The summed E-state index contributed by atoms with van der Waals surface area (Å²) in [4.78, 5) is 43.8. The molecule has 0 saturated carbocycles. The van der Waals surface area contributed by atoms with Crippen molar-refractivity contribution in [3.05, 3.63) is 87.1 Å². The molecule has 1 aromatic heterocycles. The van der Waals surface area contributed by atoms with Crippen molar-refractivity contribution in [2.75, 3.05) is 36.8 Å². The number of fused-ring (bicyclic) bond motifs is 1. The molecule has 3 heterocycles. The molecule has 7 nitrogen and oxygen atoms in total. The number of carbonyl (C=O) groups excluding carboxylic acids is 2. The first-order chi connectivity index (χ1) is 17.1. The van der Waals surface area contributed by atoms with Crippen molar-refractivity contribution in [2.45, 2.75) is 13.0 Å². The van der Waals surface area contributed by atoms with Crippen LogP contribution in [0.25, 0.3) is 10.9 Å². The van der Waals surface area contributed by atoms with Gasteiger partial charge in [0.05, 0.1) is 22.7 Å². The van der Waals surface area contributed by atoms with Crippen LogP contribution in [0.4, 0.5) is 5.69 Å². The van der Waals surface area contributed by atoms with E-state index < -0.39 is 5.56 Å². The van der Waals surface area contributed by atoms with Gasteiger partial charge in [0, 0.05) is 42.9 Å². The van der Waals surface area contributed by atoms with Gasteiger partial charge in [-0.25, -0.2) is 0 Å². The molecule has 8 heteroatoms. The van der Waals surface area contributed by atoms with Crippen LogP contribution in [0, 0.1) is 11.3 Å². The minimum Gasteiger partial charge on any atom is -0.366 e. The minimum atomic E-state index is -0.475. The molecule has 0 atom stereocenters. The molecule has 1 fully saturated rings. The summed E-state index contributed by atoms with van der Waals surface area (Å²) in [6, 6.07) is 18.3. The first kappa shape index (κ1) is 22.9. The van der Waals surface area contributed by atoms with Gasteiger partial charge in [-0.2, -0.15) is 5.26 Å². The van der Waals surface area contributed by atoms with E-state index in [0.29, 0.717) is 42.9 Å². The molecule has 0 aliphatic carbocycles. The molecule has 0 radical (unpaired) electrons. The van der Waals surface area contributed by atoms with Gasteiger partial charge in [0.2, 0.25) is 0 Å². The smallest absolute Gasteiger partial charge is 0.271 e. The number of piperazine rings is 1. The van der Waals surface area contributed by atoms with Gasteiger partial charge in [0.15, 0.2) is 5.78 Å². The predicted molar refractivity (Wildman–Crippen MR) is 138 cm³/mol. The number of hydrogen-bond acceptors (Lipinski definition) is 6. The van der Waals surface area contributed by atoms with E-state index >= 15 is 0 Å². The van der Waals surface area contributed by atoms with Gasteiger partial charge in [0.1, 0.15) is 11.6 Å². The normalized spacial score (nSPS) is 15.7. The van der Waals surface area contributed by atoms with E-state index in [1.165, 1.54) is 4.57 Å². The number of nitrogens with zero attached hydrogens (tertiary/aromatic N) is 4. The molecular formula is C27H24N4O3S. The lowest BCUT2D eigenvalue weighted by Gasteiger charge is -2.37. The molecule has 0 unspecified atom stereocenters. The Hall–Kier alpha value is -3.83. The third-order valence-electron chi connectivity index (χ3n) is 6.45. The SMILES string of the molecule is N#Cc1c(N2CCN(C(=O)C3=CCCS3)CC2)c2ccccc2n(CC(=O)c2ccccc2)c1=O. The number of hydrogen-bond donors (Lipinski definition) is 0. The van der Waals surface area contributed by atoms with Crippen molar-refractivity contribution in [3.8, 4) is 6.07 Å². The lowest BCUT2D eigenvalue weighted by molar-refractivity contribution is -0.126. The quantitative estimate of drug-likeness (QED) is 0.516. The third kappa shape index (κ3) is 4.35. The summed E-state index contributed by atoms with van der Waals surface area (Å²) < 4.78 is 1.40. The molecule has 2 aliphatic heterocycles. The van der Waals surface area contributed by atoms with Crippen molar-refractivity contribution >= 4 is 40.0 Å². The van der Waals surface area contributed by atoms with E-state index in [4.69, 9.17) is 0 Å². The maximum absolute atomic E-state index is 13.5. The van der Waals surface area contributed by atoms with E-state index in [2.05, 4.69) is 6.07 Å². The van der Waals surface area contributed by atoms with Crippen molar-refractivity contribution < 1.29 is 9.59 Å². The number of amides is 1. The number of Topliss-reactive ketones (excluding diaryl/α,β-unsaturated/α-hetero) is 1. The lowest BCUT2D eigenvalue weighted by Crippen LogP contribution is -2.49. The van der Waals surface area contributed by atoms with E-state index in [0.717, 1.165) is 22.5 Å². The number of aromatic nitrogens is 1. The Morgan fingerprint density at radius 3 is 2.37 bits per heavy atom. The maximum Gasteiger partial charge on any atom is 0.271 e. The molecule has 0 spiro atoms. The summed E-state index contributed by atoms with van der Waals surface area (Å²) >= 11 is 1.60. The highest BCUT2D eigenvalue weighted by molar-refractivity contribution is 8.04. The van der Waals surface area contributed by atoms with Gasteiger partial charge >= 0.3 is 0 Å². The van der Waals surface area contributed by atoms with Gasteiger partial charge in [-0.05, 0) is 12.5 Å². The fraction of sp³-hybridized carbons (Fsp3) is 0.259. The zero-order valence-electron chi connectivity index (χ0n) is 19.1. The van der Waals surface area contributed by atoms with Crippen molar-refractivity contribution in [3.63, 3.8) is 0 Å². The van der Waals surface area contributed by atoms with Gasteiger partial charge in [-0.15, -0.1) is 11.8 Å². The molecule has 0 bridgehead atoms. The minimum absolute atomic E-state index is 0.0263. The number of thioether (sulfide) groups is 1. The zero-order valence-corrected chi connectivity index (χ0v) is 20.0. The van der Waals surface area contributed by atoms with E-state index in [1.807, 2.05) is 46.2 Å². The van der Waals surface area contributed by atoms with Gasteiger partial charge in [0.25, 0.3) is 11.5 Å². The number of carbonyl (C=O) groups is 2. The highest BCUT2D eigenvalue weighted by Gasteiger charge is 2.28. The molecule has 2 aromatic carbocycles. The van der Waals surface area contributed by atoms with Crippen molar-refractivity contribution in [1.29, 1.82) is 5.26 Å². The molecular weight excluding hydrogens is 460 g/mol. The van der Waals surface area contributed by atoms with E-state index in [9.17, 15) is 19.6 Å². The van der Waals surface area contributed by atoms with Gasteiger partial charge in [-0.3, -0.25) is 19.0 Å². The van der Waals surface area contributed by atoms with Crippen LogP contribution < -0.4 is 10.5 Å². The van der Waals surface area contributed by atoms with Crippen LogP contribution in [0.3, 0.4) is 0 Å². The Kier molecular flexibility index (Phi) is 6.43. The summed E-state index contributed by atoms with van der Waals surface area (Å²) in [6.07, 6.45) is 2.92. The number of anilines is 1. The van der Waals surface area contributed by atoms with Crippen LogP contribution >= 0.6 is 11.8 Å². The molecule has 35 heavy (non-hydrogen) atoms. The zero-order chi connectivity index (χ0) is 24.4. The summed E-state index contributed by atoms with van der Waals surface area (Å²) in [5.41, 5.74) is 1.26. The van der Waals surface area contributed by atoms with Gasteiger partial charge in [-0.1, -0.05) is 54.6 Å².